The Balaban J connectivity index is 1.34. The van der Waals surface area contributed by atoms with Crippen LogP contribution < -0.4 is 10.2 Å². The normalized spacial score (nSPS) is 15.1. The fraction of sp³-hybridized carbons (Fsp3) is 0.296. The van der Waals surface area contributed by atoms with E-state index in [0.29, 0.717) is 12.4 Å². The Labute approximate surface area is 210 Å². The Morgan fingerprint density at radius 2 is 1.56 bits per heavy atom. The minimum Gasteiger partial charge on any atom is -0.494 e. The highest BCUT2D eigenvalue weighted by molar-refractivity contribution is 7.93. The van der Waals surface area contributed by atoms with Crippen molar-refractivity contribution >= 4 is 15.7 Å². The average Bonchev–Trinajstić information content (AvgIpc) is 2.92. The molecule has 1 aliphatic rings. The largest absolute Gasteiger partial charge is 0.494 e. The van der Waals surface area contributed by atoms with E-state index < -0.39 is 20.5 Å². The van der Waals surface area contributed by atoms with E-state index in [2.05, 4.69) is 41.7 Å². The van der Waals surface area contributed by atoms with Crippen molar-refractivity contribution < 1.29 is 22.7 Å². The van der Waals surface area contributed by atoms with Gasteiger partial charge < -0.3 is 9.47 Å². The van der Waals surface area contributed by atoms with Gasteiger partial charge in [-0.3, -0.25) is 4.79 Å². The van der Waals surface area contributed by atoms with Gasteiger partial charge in [-0.2, -0.15) is 0 Å². The third kappa shape index (κ3) is 5.47. The Kier molecular flexibility index (Phi) is 8.12. The molecule has 1 amide bonds. The van der Waals surface area contributed by atoms with Crippen LogP contribution in [-0.2, 0) is 25.8 Å². The number of amides is 1. The van der Waals surface area contributed by atoms with E-state index in [-0.39, 0.29) is 31.0 Å². The SMILES string of the molecule is O=NNC(=O)C1(S(=O)(=O)c2ccc(OCCCc3ccc(-c4ccccc4)cc3)cc2)CCOCC1. The molecule has 0 aliphatic carbocycles. The maximum Gasteiger partial charge on any atom is 0.264 e. The highest BCUT2D eigenvalue weighted by Crippen LogP contribution is 2.36. The van der Waals surface area contributed by atoms with Crippen LogP contribution in [0, 0.1) is 4.91 Å². The minimum atomic E-state index is -4.09. The van der Waals surface area contributed by atoms with Gasteiger partial charge in [0.05, 0.1) is 16.8 Å². The van der Waals surface area contributed by atoms with E-state index in [9.17, 15) is 18.1 Å². The number of rotatable bonds is 10. The number of hydrogen-bond donors (Lipinski definition) is 1. The smallest absolute Gasteiger partial charge is 0.264 e. The van der Waals surface area contributed by atoms with Crippen LogP contribution in [0.15, 0.2) is 89.0 Å². The molecule has 0 unspecified atom stereocenters. The molecule has 9 heteroatoms. The molecule has 188 valence electrons. The number of benzene rings is 3. The van der Waals surface area contributed by atoms with Crippen molar-refractivity contribution in [2.45, 2.75) is 35.3 Å². The lowest BCUT2D eigenvalue weighted by molar-refractivity contribution is -0.126. The van der Waals surface area contributed by atoms with Crippen molar-refractivity contribution in [3.8, 4) is 16.9 Å². The first-order chi connectivity index (χ1) is 17.5. The zero-order chi connectivity index (χ0) is 25.4. The van der Waals surface area contributed by atoms with Gasteiger partial charge in [-0.15, -0.1) is 4.91 Å². The number of carbonyl (C=O) groups is 1. The predicted octanol–water partition coefficient (Wildman–Crippen LogP) is 4.49. The summed E-state index contributed by atoms with van der Waals surface area (Å²) in [6.45, 7) is 0.671. The highest BCUT2D eigenvalue weighted by Gasteiger charge is 2.52. The summed E-state index contributed by atoms with van der Waals surface area (Å²) >= 11 is 0. The fourth-order valence-electron chi connectivity index (χ4n) is 4.36. The van der Waals surface area contributed by atoms with Crippen LogP contribution in [0.2, 0.25) is 0 Å². The third-order valence-electron chi connectivity index (χ3n) is 6.45. The molecule has 3 aromatic carbocycles. The van der Waals surface area contributed by atoms with Crippen molar-refractivity contribution in [3.05, 3.63) is 89.3 Å². The summed E-state index contributed by atoms with van der Waals surface area (Å²) in [7, 11) is -4.09. The van der Waals surface area contributed by atoms with Gasteiger partial charge in [-0.05, 0) is 66.6 Å². The second-order valence-corrected chi connectivity index (χ2v) is 10.9. The molecule has 8 nitrogen and oxygen atoms in total. The van der Waals surface area contributed by atoms with Gasteiger partial charge in [0.2, 0.25) is 0 Å². The number of hydrogen-bond acceptors (Lipinski definition) is 7. The predicted molar refractivity (Wildman–Crippen MR) is 136 cm³/mol. The zero-order valence-electron chi connectivity index (χ0n) is 19.8. The second kappa shape index (κ2) is 11.5. The molecule has 0 saturated carbocycles. The summed E-state index contributed by atoms with van der Waals surface area (Å²) in [5.74, 6) is -0.397. The molecule has 1 N–H and O–H groups in total. The van der Waals surface area contributed by atoms with Crippen LogP contribution in [-0.4, -0.2) is 38.9 Å². The number of carbonyl (C=O) groups excluding carboxylic acids is 1. The molecular formula is C27H28N2O6S. The lowest BCUT2D eigenvalue weighted by Gasteiger charge is -2.34. The molecule has 1 fully saturated rings. The molecule has 3 aromatic rings. The van der Waals surface area contributed by atoms with Crippen molar-refractivity contribution in [1.82, 2.24) is 5.43 Å². The molecule has 0 bridgehead atoms. The molecule has 0 radical (unpaired) electrons. The molecule has 0 aromatic heterocycles. The van der Waals surface area contributed by atoms with Crippen LogP contribution in [0.1, 0.15) is 24.8 Å². The summed E-state index contributed by atoms with van der Waals surface area (Å²) in [5.41, 5.74) is 5.34. The zero-order valence-corrected chi connectivity index (χ0v) is 20.6. The molecule has 1 saturated heterocycles. The molecular weight excluding hydrogens is 480 g/mol. The van der Waals surface area contributed by atoms with Gasteiger partial charge in [0.25, 0.3) is 5.91 Å². The van der Waals surface area contributed by atoms with Crippen LogP contribution in [0.3, 0.4) is 0 Å². The van der Waals surface area contributed by atoms with Gasteiger partial charge in [0, 0.05) is 13.2 Å². The van der Waals surface area contributed by atoms with E-state index >= 15 is 0 Å². The van der Waals surface area contributed by atoms with Crippen molar-refractivity contribution in [1.29, 1.82) is 0 Å². The monoisotopic (exact) mass is 508 g/mol. The minimum absolute atomic E-state index is 0.0173. The Morgan fingerprint density at radius 3 is 2.19 bits per heavy atom. The lowest BCUT2D eigenvalue weighted by atomic mass is 9.98. The van der Waals surface area contributed by atoms with Gasteiger partial charge in [0.1, 0.15) is 5.75 Å². The average molecular weight is 509 g/mol. The van der Waals surface area contributed by atoms with Crippen molar-refractivity contribution in [2.75, 3.05) is 19.8 Å². The number of nitroso groups, excluding NO2 is 1. The summed E-state index contributed by atoms with van der Waals surface area (Å²) < 4.78 is 36.0. The topological polar surface area (TPSA) is 111 Å². The summed E-state index contributed by atoms with van der Waals surface area (Å²) in [6, 6.07) is 24.7. The van der Waals surface area contributed by atoms with Crippen LogP contribution in [0.5, 0.6) is 5.75 Å². The van der Waals surface area contributed by atoms with E-state index in [1.165, 1.54) is 28.8 Å². The van der Waals surface area contributed by atoms with Gasteiger partial charge in [-0.25, -0.2) is 13.8 Å². The number of sulfone groups is 1. The molecule has 0 spiro atoms. The second-order valence-electron chi connectivity index (χ2n) is 8.63. The molecule has 4 rings (SSSR count). The molecule has 0 atom stereocenters. The summed E-state index contributed by atoms with van der Waals surface area (Å²) in [6.07, 6.45) is 1.54. The standard InChI is InChI=1S/C27H28N2O6S/c30-26(28-29-31)27(16-19-34-20-17-27)36(32,33)25-14-12-24(13-15-25)35-18-4-5-21-8-10-23(11-9-21)22-6-2-1-3-7-22/h1-3,6-15H,4-5,16-20H2,(H,28,30,31). The van der Waals surface area contributed by atoms with Crippen molar-refractivity contribution in [3.63, 3.8) is 0 Å². The Bertz CT molecular complexity index is 1270. The number of nitrogens with zero attached hydrogens (tertiary/aromatic N) is 1. The number of aryl methyl sites for hydroxylation is 1. The van der Waals surface area contributed by atoms with E-state index in [1.807, 2.05) is 18.2 Å². The maximum atomic E-state index is 13.4. The van der Waals surface area contributed by atoms with Gasteiger partial charge >= 0.3 is 0 Å². The highest BCUT2D eigenvalue weighted by atomic mass is 32.2. The Hall–Kier alpha value is -3.56. The van der Waals surface area contributed by atoms with Crippen LogP contribution in [0.4, 0.5) is 0 Å². The molecule has 36 heavy (non-hydrogen) atoms. The first-order valence-electron chi connectivity index (χ1n) is 11.8. The van der Waals surface area contributed by atoms with E-state index in [0.717, 1.165) is 12.8 Å². The quantitative estimate of drug-likeness (QED) is 0.245. The van der Waals surface area contributed by atoms with Crippen molar-refractivity contribution in [2.24, 2.45) is 5.29 Å². The first kappa shape index (κ1) is 25.5. The van der Waals surface area contributed by atoms with Crippen LogP contribution >= 0.6 is 0 Å². The third-order valence-corrected chi connectivity index (χ3v) is 8.96. The maximum absolute atomic E-state index is 13.4. The number of ether oxygens (including phenoxy) is 2. The summed E-state index contributed by atoms with van der Waals surface area (Å²) in [5, 5.41) is 2.38. The van der Waals surface area contributed by atoms with Gasteiger partial charge in [-0.1, -0.05) is 54.6 Å². The van der Waals surface area contributed by atoms with E-state index in [1.54, 1.807) is 17.6 Å². The Morgan fingerprint density at radius 1 is 0.917 bits per heavy atom. The first-order valence-corrected chi connectivity index (χ1v) is 13.3. The number of nitrogens with one attached hydrogen (secondary N) is 1. The van der Waals surface area contributed by atoms with E-state index in [4.69, 9.17) is 9.47 Å². The van der Waals surface area contributed by atoms with Crippen LogP contribution in [0.25, 0.3) is 11.1 Å². The molecule has 1 aliphatic heterocycles. The molecule has 1 heterocycles. The lowest BCUT2D eigenvalue weighted by Crippen LogP contribution is -2.54. The summed E-state index contributed by atoms with van der Waals surface area (Å²) in [4.78, 5) is 23.1. The van der Waals surface area contributed by atoms with Gasteiger partial charge in [0.15, 0.2) is 14.6 Å². The fourth-order valence-corrected chi connectivity index (χ4v) is 6.30.